The van der Waals surface area contributed by atoms with Gasteiger partial charge in [-0.05, 0) is 67.6 Å². The summed E-state index contributed by atoms with van der Waals surface area (Å²) in [5, 5.41) is 10.3. The lowest BCUT2D eigenvalue weighted by molar-refractivity contribution is 0.0389. The van der Waals surface area contributed by atoms with Crippen molar-refractivity contribution in [2.45, 2.75) is 35.8 Å². The third-order valence-corrected chi connectivity index (χ3v) is 10.5. The van der Waals surface area contributed by atoms with Crippen molar-refractivity contribution in [2.75, 3.05) is 31.5 Å². The number of anilines is 1. The second-order valence-corrected chi connectivity index (χ2v) is 14.3. The van der Waals surface area contributed by atoms with Crippen LogP contribution in [0.25, 0.3) is 0 Å². The van der Waals surface area contributed by atoms with Crippen molar-refractivity contribution in [3.05, 3.63) is 83.1 Å². The molecule has 1 aliphatic heterocycles. The molecule has 0 spiro atoms. The van der Waals surface area contributed by atoms with Gasteiger partial charge in [-0.2, -0.15) is 4.31 Å². The van der Waals surface area contributed by atoms with Gasteiger partial charge in [0.25, 0.3) is 15.9 Å². The number of para-hydroxylation sites is 1. The number of rotatable bonds is 9. The average Bonchev–Trinajstić information content (AvgIpc) is 2.95. The number of aliphatic hydroxyl groups excluding tert-OH is 1. The van der Waals surface area contributed by atoms with Crippen molar-refractivity contribution in [2.24, 2.45) is 5.92 Å². The molecular weight excluding hydrogens is 609 g/mol. The third-order valence-electron chi connectivity index (χ3n) is 7.02. The van der Waals surface area contributed by atoms with Crippen LogP contribution in [0.15, 0.2) is 76.5 Å². The summed E-state index contributed by atoms with van der Waals surface area (Å²) in [6.07, 6.45) is -0.853. The Morgan fingerprint density at radius 2 is 1.69 bits per heavy atom. The molecule has 0 saturated heterocycles. The van der Waals surface area contributed by atoms with Crippen molar-refractivity contribution >= 4 is 43.2 Å². The molecule has 1 heterocycles. The molecule has 0 bridgehead atoms. The van der Waals surface area contributed by atoms with Gasteiger partial charge in [-0.3, -0.25) is 9.52 Å². The summed E-state index contributed by atoms with van der Waals surface area (Å²) >= 11 is 5.92. The summed E-state index contributed by atoms with van der Waals surface area (Å²) in [5.41, 5.74) is -0.0428. The number of nitrogens with one attached hydrogen (secondary N) is 1. The van der Waals surface area contributed by atoms with E-state index in [0.717, 1.165) is 28.6 Å². The molecule has 1 aliphatic rings. The van der Waals surface area contributed by atoms with Gasteiger partial charge in [0.2, 0.25) is 10.0 Å². The standard InChI is InChI=1S/C28H31ClFN3O7S2/c1-18-15-33(19(2)17-34)28(35)24-5-4-6-25(31-41(36,37)22-13-9-21(30)10-14-22)27(24)40-26(18)16-32(3)42(38,39)23-11-7-20(29)8-12-23/h4-14,18-19,26,31,34H,15-17H2,1-3H3/t18-,19-,26+/m0/s1. The van der Waals surface area contributed by atoms with E-state index in [2.05, 4.69) is 4.72 Å². The zero-order valence-corrected chi connectivity index (χ0v) is 25.5. The minimum absolute atomic E-state index is 0.0201. The number of hydrogen-bond donors (Lipinski definition) is 2. The summed E-state index contributed by atoms with van der Waals surface area (Å²) in [5.74, 6) is -1.67. The largest absolute Gasteiger partial charge is 0.486 e. The molecule has 0 radical (unpaired) electrons. The second kappa shape index (κ2) is 12.6. The van der Waals surface area contributed by atoms with Crippen LogP contribution in [0.4, 0.5) is 10.1 Å². The van der Waals surface area contributed by atoms with Gasteiger partial charge in [-0.1, -0.05) is 24.6 Å². The average molecular weight is 640 g/mol. The Labute approximate surface area is 249 Å². The van der Waals surface area contributed by atoms with E-state index in [0.29, 0.717) is 5.02 Å². The van der Waals surface area contributed by atoms with Crippen molar-refractivity contribution in [3.8, 4) is 5.75 Å². The first kappa shape index (κ1) is 31.7. The van der Waals surface area contributed by atoms with Gasteiger partial charge in [-0.25, -0.2) is 21.2 Å². The highest BCUT2D eigenvalue weighted by molar-refractivity contribution is 7.92. The van der Waals surface area contributed by atoms with Crippen molar-refractivity contribution in [1.82, 2.24) is 9.21 Å². The van der Waals surface area contributed by atoms with Crippen LogP contribution < -0.4 is 9.46 Å². The van der Waals surface area contributed by atoms with Crippen LogP contribution in [0.1, 0.15) is 24.2 Å². The number of hydrogen-bond acceptors (Lipinski definition) is 7. The molecular formula is C28H31ClFN3O7S2. The van der Waals surface area contributed by atoms with Gasteiger partial charge >= 0.3 is 0 Å². The minimum Gasteiger partial charge on any atom is -0.486 e. The number of amides is 1. The van der Waals surface area contributed by atoms with E-state index in [1.807, 2.05) is 0 Å². The number of likely N-dealkylation sites (N-methyl/N-ethyl adjacent to an activating group) is 1. The van der Waals surface area contributed by atoms with Gasteiger partial charge in [0.05, 0.1) is 40.2 Å². The molecule has 0 saturated carbocycles. The van der Waals surface area contributed by atoms with Crippen molar-refractivity contribution in [1.29, 1.82) is 0 Å². The maximum absolute atomic E-state index is 13.7. The van der Waals surface area contributed by atoms with E-state index in [1.165, 1.54) is 54.4 Å². The number of nitrogens with zero attached hydrogens (tertiary/aromatic N) is 2. The first-order valence-electron chi connectivity index (χ1n) is 13.0. The van der Waals surface area contributed by atoms with E-state index in [4.69, 9.17) is 16.3 Å². The Balaban J connectivity index is 1.76. The predicted molar refractivity (Wildman–Crippen MR) is 156 cm³/mol. The summed E-state index contributed by atoms with van der Waals surface area (Å²) < 4.78 is 76.3. The van der Waals surface area contributed by atoms with Gasteiger partial charge in [-0.15, -0.1) is 0 Å². The Morgan fingerprint density at radius 1 is 1.07 bits per heavy atom. The molecule has 4 rings (SSSR count). The number of aliphatic hydroxyl groups is 1. The van der Waals surface area contributed by atoms with Crippen LogP contribution in [0.3, 0.4) is 0 Å². The molecule has 14 heteroatoms. The Hall–Kier alpha value is -3.23. The number of benzene rings is 3. The molecule has 10 nitrogen and oxygen atoms in total. The molecule has 0 fully saturated rings. The van der Waals surface area contributed by atoms with Crippen LogP contribution in [-0.2, 0) is 20.0 Å². The SMILES string of the molecule is C[C@H]1CN([C@@H](C)CO)C(=O)c2cccc(NS(=O)(=O)c3ccc(F)cc3)c2O[C@@H]1CN(C)S(=O)(=O)c1ccc(Cl)cc1. The highest BCUT2D eigenvalue weighted by atomic mass is 35.5. The van der Waals surface area contributed by atoms with Gasteiger partial charge in [0.15, 0.2) is 5.75 Å². The van der Waals surface area contributed by atoms with Crippen LogP contribution in [0.2, 0.25) is 5.02 Å². The summed E-state index contributed by atoms with van der Waals surface area (Å²) in [7, 11) is -6.81. The van der Waals surface area contributed by atoms with Gasteiger partial charge < -0.3 is 14.7 Å². The fourth-order valence-corrected chi connectivity index (χ4v) is 6.87. The summed E-state index contributed by atoms with van der Waals surface area (Å²) in [4.78, 5) is 14.9. The van der Waals surface area contributed by atoms with E-state index in [-0.39, 0.29) is 46.5 Å². The third kappa shape index (κ3) is 6.70. The molecule has 2 N–H and O–H groups in total. The summed E-state index contributed by atoms with van der Waals surface area (Å²) in [6, 6.07) is 13.7. The lowest BCUT2D eigenvalue weighted by Crippen LogP contribution is -2.50. The molecule has 3 aromatic carbocycles. The second-order valence-electron chi connectivity index (χ2n) is 10.1. The number of ether oxygens (including phenoxy) is 1. The molecule has 3 atom stereocenters. The zero-order valence-electron chi connectivity index (χ0n) is 23.1. The van der Waals surface area contributed by atoms with Gasteiger partial charge in [0, 0.05) is 24.5 Å². The maximum atomic E-state index is 13.7. The lowest BCUT2D eigenvalue weighted by atomic mass is 9.99. The van der Waals surface area contributed by atoms with E-state index in [1.54, 1.807) is 13.8 Å². The smallest absolute Gasteiger partial charge is 0.262 e. The van der Waals surface area contributed by atoms with E-state index < -0.39 is 49.8 Å². The van der Waals surface area contributed by atoms with Crippen LogP contribution in [-0.4, -0.2) is 75.9 Å². The van der Waals surface area contributed by atoms with Crippen molar-refractivity contribution < 1.29 is 35.9 Å². The van der Waals surface area contributed by atoms with Crippen LogP contribution >= 0.6 is 11.6 Å². The normalized spacial score (nSPS) is 18.5. The van der Waals surface area contributed by atoms with Crippen LogP contribution in [0.5, 0.6) is 5.75 Å². The lowest BCUT2D eigenvalue weighted by Gasteiger charge is -2.38. The fraction of sp³-hybridized carbons (Fsp3) is 0.321. The first-order chi connectivity index (χ1) is 19.7. The van der Waals surface area contributed by atoms with Crippen molar-refractivity contribution in [3.63, 3.8) is 0 Å². The monoisotopic (exact) mass is 639 g/mol. The number of halogens is 2. The Bertz CT molecular complexity index is 1650. The molecule has 0 aliphatic carbocycles. The molecule has 0 aromatic heterocycles. The summed E-state index contributed by atoms with van der Waals surface area (Å²) in [6.45, 7) is 3.08. The maximum Gasteiger partial charge on any atom is 0.262 e. The molecule has 1 amide bonds. The fourth-order valence-electron chi connectivity index (χ4n) is 4.50. The highest BCUT2D eigenvalue weighted by Crippen LogP contribution is 2.36. The topological polar surface area (TPSA) is 133 Å². The zero-order chi connectivity index (χ0) is 30.8. The minimum atomic E-state index is -4.23. The number of carbonyl (C=O) groups is 1. The predicted octanol–water partition coefficient (Wildman–Crippen LogP) is 3.82. The number of carbonyl (C=O) groups excluding carboxylic acids is 1. The van der Waals surface area contributed by atoms with E-state index >= 15 is 0 Å². The Kier molecular flexibility index (Phi) is 9.48. The van der Waals surface area contributed by atoms with E-state index in [9.17, 15) is 31.1 Å². The number of sulfonamides is 2. The molecule has 3 aromatic rings. The number of fused-ring (bicyclic) bond motifs is 1. The molecule has 42 heavy (non-hydrogen) atoms. The van der Waals surface area contributed by atoms with Crippen LogP contribution in [0, 0.1) is 11.7 Å². The van der Waals surface area contributed by atoms with Gasteiger partial charge in [0.1, 0.15) is 11.9 Å². The molecule has 226 valence electrons. The first-order valence-corrected chi connectivity index (χ1v) is 16.3. The molecule has 0 unspecified atom stereocenters. The Morgan fingerprint density at radius 3 is 2.31 bits per heavy atom. The quantitative estimate of drug-likeness (QED) is 0.364. The highest BCUT2D eigenvalue weighted by Gasteiger charge is 2.36.